The van der Waals surface area contributed by atoms with E-state index in [0.29, 0.717) is 38.3 Å². The summed E-state index contributed by atoms with van der Waals surface area (Å²) in [6.45, 7) is 16.4. The summed E-state index contributed by atoms with van der Waals surface area (Å²) in [6.07, 6.45) is 24.1. The summed E-state index contributed by atoms with van der Waals surface area (Å²) in [5, 5.41) is 8.31. The van der Waals surface area contributed by atoms with Crippen molar-refractivity contribution in [3.63, 3.8) is 0 Å². The third kappa shape index (κ3) is 25.7. The Bertz CT molecular complexity index is 917. The van der Waals surface area contributed by atoms with Gasteiger partial charge in [0, 0.05) is 39.1 Å². The second kappa shape index (κ2) is 34.9. The number of esters is 3. The lowest BCUT2D eigenvalue weighted by Gasteiger charge is -2.34. The van der Waals surface area contributed by atoms with Crippen LogP contribution < -0.4 is 0 Å². The number of thioether (sulfide) groups is 1. The van der Waals surface area contributed by atoms with E-state index in [2.05, 4.69) is 30.6 Å². The van der Waals surface area contributed by atoms with Gasteiger partial charge in [-0.3, -0.25) is 14.5 Å². The van der Waals surface area contributed by atoms with Gasteiger partial charge in [0.15, 0.2) is 0 Å². The zero-order valence-electron chi connectivity index (χ0n) is 35.6. The summed E-state index contributed by atoms with van der Waals surface area (Å²) in [4.78, 5) is 44.7. The Hall–Kier alpha value is -1.36. The molecule has 1 saturated heterocycles. The third-order valence-electron chi connectivity index (χ3n) is 10.7. The number of aliphatic hydroxyl groups excluding tert-OH is 1. The molecule has 4 atom stereocenters. The molecular formula is C44H84N2O7S. The number of aliphatic hydroxyl groups is 1. The number of nitrogens with zero attached hydrogens (tertiary/aromatic N) is 2. The molecule has 10 heteroatoms. The van der Waals surface area contributed by atoms with Crippen molar-refractivity contribution in [2.75, 3.05) is 59.1 Å². The van der Waals surface area contributed by atoms with Crippen molar-refractivity contribution in [2.45, 2.75) is 199 Å². The van der Waals surface area contributed by atoms with Gasteiger partial charge in [-0.15, -0.1) is 11.8 Å². The zero-order chi connectivity index (χ0) is 39.7. The molecule has 54 heavy (non-hydrogen) atoms. The van der Waals surface area contributed by atoms with Crippen LogP contribution in [0.15, 0.2) is 0 Å². The minimum atomic E-state index is -1.06. The standard InChI is InChI=1S/C44H84N2O7S/c1-6-10-13-15-17-18-20-23-26-39(25-22-19-16-14-11-7-2)37-52-43(49)38(5)54-40(27-21-12-8-3)42(44(50)51-36-9-4)53-41(48)28-24-29-45-30-32-46(33-31-45)34-35-47/h38-40,42,47H,6-37H2,1-5H3. The van der Waals surface area contributed by atoms with Gasteiger partial charge in [0.2, 0.25) is 6.10 Å². The fraction of sp³-hybridized carbons (Fsp3) is 0.932. The van der Waals surface area contributed by atoms with Gasteiger partial charge in [0.05, 0.1) is 25.1 Å². The van der Waals surface area contributed by atoms with Gasteiger partial charge >= 0.3 is 17.9 Å². The zero-order valence-corrected chi connectivity index (χ0v) is 36.5. The first-order valence-corrected chi connectivity index (χ1v) is 23.5. The van der Waals surface area contributed by atoms with E-state index in [1.54, 1.807) is 0 Å². The average Bonchev–Trinajstić information content (AvgIpc) is 3.17. The Morgan fingerprint density at radius 3 is 1.65 bits per heavy atom. The predicted octanol–water partition coefficient (Wildman–Crippen LogP) is 9.75. The maximum Gasteiger partial charge on any atom is 0.348 e. The summed E-state index contributed by atoms with van der Waals surface area (Å²) in [6, 6.07) is 0. The first-order chi connectivity index (χ1) is 26.3. The number of hydrogen-bond donors (Lipinski definition) is 1. The van der Waals surface area contributed by atoms with Crippen LogP contribution in [0, 0.1) is 5.92 Å². The quantitative estimate of drug-likeness (QED) is 0.0375. The third-order valence-corrected chi connectivity index (χ3v) is 12.1. The van der Waals surface area contributed by atoms with Crippen LogP contribution in [0.2, 0.25) is 0 Å². The molecule has 0 saturated carbocycles. The van der Waals surface area contributed by atoms with Crippen molar-refractivity contribution in [1.82, 2.24) is 9.80 Å². The number of carbonyl (C=O) groups excluding carboxylic acids is 3. The van der Waals surface area contributed by atoms with E-state index >= 15 is 0 Å². The molecule has 0 bridgehead atoms. The Balaban J connectivity index is 2.82. The molecular weight excluding hydrogens is 701 g/mol. The van der Waals surface area contributed by atoms with Gasteiger partial charge in [-0.2, -0.15) is 0 Å². The number of piperazine rings is 1. The summed E-state index contributed by atoms with van der Waals surface area (Å²) >= 11 is 1.40. The molecule has 1 aliphatic rings. The molecule has 0 spiro atoms. The van der Waals surface area contributed by atoms with Crippen LogP contribution in [0.3, 0.4) is 0 Å². The van der Waals surface area contributed by atoms with E-state index in [-0.39, 0.29) is 25.6 Å². The number of β-amino-alcohol motifs (C(OH)–C–C–N with tert-alkyl or cyclic N) is 1. The van der Waals surface area contributed by atoms with Crippen molar-refractivity contribution in [3.8, 4) is 0 Å². The number of unbranched alkanes of at least 4 members (excludes halogenated alkanes) is 14. The smallest absolute Gasteiger partial charge is 0.348 e. The molecule has 0 amide bonds. The topological polar surface area (TPSA) is 106 Å². The fourth-order valence-electron chi connectivity index (χ4n) is 7.20. The normalized spacial score (nSPS) is 16.1. The van der Waals surface area contributed by atoms with Crippen LogP contribution in [0.25, 0.3) is 0 Å². The Labute approximate surface area is 336 Å². The monoisotopic (exact) mass is 785 g/mol. The van der Waals surface area contributed by atoms with Gasteiger partial charge in [-0.05, 0) is 51.5 Å². The maximum absolute atomic E-state index is 13.5. The van der Waals surface area contributed by atoms with Crippen LogP contribution in [-0.4, -0.2) is 109 Å². The van der Waals surface area contributed by atoms with E-state index < -0.39 is 28.5 Å². The van der Waals surface area contributed by atoms with E-state index in [1.165, 1.54) is 102 Å². The highest BCUT2D eigenvalue weighted by atomic mass is 32.2. The molecule has 4 unspecified atom stereocenters. The predicted molar refractivity (Wildman–Crippen MR) is 225 cm³/mol. The SMILES string of the molecule is CCCCCCCCCCC(CCCCCCCC)COC(=O)C(C)SC(CCCCC)C(OC(=O)CCCN1CCN(CCO)CC1)C(=O)OCCC. The highest BCUT2D eigenvalue weighted by molar-refractivity contribution is 8.01. The minimum Gasteiger partial charge on any atom is -0.465 e. The summed E-state index contributed by atoms with van der Waals surface area (Å²) in [5.41, 5.74) is 0. The molecule has 0 aromatic carbocycles. The van der Waals surface area contributed by atoms with Crippen LogP contribution in [0.5, 0.6) is 0 Å². The fourth-order valence-corrected chi connectivity index (χ4v) is 8.51. The van der Waals surface area contributed by atoms with E-state index in [1.807, 2.05) is 13.8 Å². The highest BCUT2D eigenvalue weighted by Crippen LogP contribution is 2.30. The second-order valence-corrected chi connectivity index (χ2v) is 17.3. The van der Waals surface area contributed by atoms with Crippen LogP contribution in [0.4, 0.5) is 0 Å². The average molecular weight is 785 g/mol. The first-order valence-electron chi connectivity index (χ1n) is 22.5. The van der Waals surface area contributed by atoms with Gasteiger partial charge in [0.25, 0.3) is 0 Å². The highest BCUT2D eigenvalue weighted by Gasteiger charge is 2.36. The molecule has 1 fully saturated rings. The summed E-state index contributed by atoms with van der Waals surface area (Å²) in [7, 11) is 0. The Morgan fingerprint density at radius 1 is 0.611 bits per heavy atom. The van der Waals surface area contributed by atoms with Crippen molar-refractivity contribution in [3.05, 3.63) is 0 Å². The molecule has 0 radical (unpaired) electrons. The van der Waals surface area contributed by atoms with Gasteiger partial charge in [0.1, 0.15) is 5.25 Å². The molecule has 1 aliphatic heterocycles. The number of ether oxygens (including phenoxy) is 3. The van der Waals surface area contributed by atoms with Gasteiger partial charge < -0.3 is 24.2 Å². The molecule has 0 aromatic heterocycles. The Kier molecular flexibility index (Phi) is 32.7. The lowest BCUT2D eigenvalue weighted by atomic mass is 9.94. The molecule has 1 N–H and O–H groups in total. The van der Waals surface area contributed by atoms with Crippen LogP contribution >= 0.6 is 11.8 Å². The van der Waals surface area contributed by atoms with E-state index in [0.717, 1.165) is 64.8 Å². The van der Waals surface area contributed by atoms with E-state index in [9.17, 15) is 19.5 Å². The van der Waals surface area contributed by atoms with Gasteiger partial charge in [-0.25, -0.2) is 4.79 Å². The molecule has 0 aliphatic carbocycles. The van der Waals surface area contributed by atoms with Crippen LogP contribution in [-0.2, 0) is 28.6 Å². The number of carbonyl (C=O) groups is 3. The van der Waals surface area contributed by atoms with Crippen molar-refractivity contribution >= 4 is 29.7 Å². The van der Waals surface area contributed by atoms with E-state index in [4.69, 9.17) is 14.2 Å². The number of rotatable bonds is 36. The molecule has 1 rings (SSSR count). The van der Waals surface area contributed by atoms with Crippen molar-refractivity contribution < 1.29 is 33.7 Å². The largest absolute Gasteiger partial charge is 0.465 e. The van der Waals surface area contributed by atoms with Gasteiger partial charge in [-0.1, -0.05) is 137 Å². The molecule has 318 valence electrons. The molecule has 1 heterocycles. The first kappa shape index (κ1) is 50.7. The van der Waals surface area contributed by atoms with Crippen molar-refractivity contribution in [1.29, 1.82) is 0 Å². The molecule has 9 nitrogen and oxygen atoms in total. The molecule has 0 aromatic rings. The minimum absolute atomic E-state index is 0.171. The summed E-state index contributed by atoms with van der Waals surface area (Å²) in [5.74, 6) is -0.804. The van der Waals surface area contributed by atoms with Crippen LogP contribution in [0.1, 0.15) is 182 Å². The van der Waals surface area contributed by atoms with Crippen molar-refractivity contribution in [2.24, 2.45) is 5.92 Å². The maximum atomic E-state index is 13.5. The lowest BCUT2D eigenvalue weighted by molar-refractivity contribution is -0.168. The number of hydrogen-bond acceptors (Lipinski definition) is 10. The Morgan fingerprint density at radius 2 is 1.11 bits per heavy atom. The summed E-state index contributed by atoms with van der Waals surface area (Å²) < 4.78 is 17.5. The lowest BCUT2D eigenvalue weighted by Crippen LogP contribution is -2.47. The second-order valence-electron chi connectivity index (χ2n) is 15.7.